The summed E-state index contributed by atoms with van der Waals surface area (Å²) in [4.78, 5) is 25.2. The zero-order valence-corrected chi connectivity index (χ0v) is 18.9. The number of nitrogens with one attached hydrogen (secondary N) is 2. The first-order valence-electron chi connectivity index (χ1n) is 10.0. The number of furan rings is 1. The molecular weight excluding hydrogens is 472 g/mol. The molecule has 0 spiro atoms. The van der Waals surface area contributed by atoms with E-state index in [0.717, 1.165) is 15.4 Å². The summed E-state index contributed by atoms with van der Waals surface area (Å²) in [5.74, 6) is 0.0145. The molecule has 0 aliphatic heterocycles. The third-order valence-corrected chi connectivity index (χ3v) is 5.40. The van der Waals surface area contributed by atoms with Gasteiger partial charge in [0.15, 0.2) is 5.76 Å². The minimum atomic E-state index is -0.476. The summed E-state index contributed by atoms with van der Waals surface area (Å²) < 4.78 is 12.6. The fourth-order valence-electron chi connectivity index (χ4n) is 3.30. The molecule has 2 amide bonds. The van der Waals surface area contributed by atoms with Crippen LogP contribution < -0.4 is 15.4 Å². The van der Waals surface area contributed by atoms with Crippen LogP contribution in [0.25, 0.3) is 11.0 Å². The van der Waals surface area contributed by atoms with Crippen LogP contribution in [0.4, 0.5) is 5.69 Å². The van der Waals surface area contributed by atoms with Gasteiger partial charge in [-0.3, -0.25) is 9.59 Å². The lowest BCUT2D eigenvalue weighted by Crippen LogP contribution is -2.33. The Morgan fingerprint density at radius 2 is 1.75 bits per heavy atom. The Hall–Kier alpha value is -3.58. The SMILES string of the molecule is Cc1cc(Br)ccc1NC(=O)CNC(=O)c1oc2ccccc2c1COc1ccccc1. The van der Waals surface area contributed by atoms with E-state index >= 15 is 0 Å². The molecule has 4 aromatic rings. The molecule has 7 heteroatoms. The predicted octanol–water partition coefficient (Wildman–Crippen LogP) is 5.45. The van der Waals surface area contributed by atoms with Gasteiger partial charge in [-0.25, -0.2) is 0 Å². The van der Waals surface area contributed by atoms with E-state index in [4.69, 9.17) is 9.15 Å². The van der Waals surface area contributed by atoms with Crippen molar-refractivity contribution in [2.24, 2.45) is 0 Å². The van der Waals surface area contributed by atoms with Crippen LogP contribution in [0.15, 0.2) is 81.7 Å². The molecule has 0 saturated heterocycles. The second-order valence-corrected chi connectivity index (χ2v) is 8.11. The Morgan fingerprint density at radius 1 is 1.00 bits per heavy atom. The summed E-state index contributed by atoms with van der Waals surface area (Å²) >= 11 is 3.40. The molecule has 32 heavy (non-hydrogen) atoms. The van der Waals surface area contributed by atoms with Crippen molar-refractivity contribution >= 4 is 44.4 Å². The van der Waals surface area contributed by atoms with E-state index in [1.807, 2.05) is 67.6 Å². The standard InChI is InChI=1S/C25H21BrN2O4/c1-16-13-17(26)11-12-21(16)28-23(29)14-27-25(30)24-20(15-31-18-7-3-2-4-8-18)19-9-5-6-10-22(19)32-24/h2-13H,14-15H2,1H3,(H,27,30)(H,28,29). The van der Waals surface area contributed by atoms with Crippen LogP contribution in [-0.2, 0) is 11.4 Å². The zero-order valence-electron chi connectivity index (χ0n) is 17.4. The number of hydrogen-bond acceptors (Lipinski definition) is 4. The molecule has 162 valence electrons. The van der Waals surface area contributed by atoms with Crippen LogP contribution in [0.3, 0.4) is 0 Å². The van der Waals surface area contributed by atoms with Gasteiger partial charge >= 0.3 is 0 Å². The maximum absolute atomic E-state index is 12.9. The van der Waals surface area contributed by atoms with Gasteiger partial charge in [-0.1, -0.05) is 52.3 Å². The van der Waals surface area contributed by atoms with Crippen molar-refractivity contribution in [3.05, 3.63) is 94.2 Å². The minimum absolute atomic E-state index is 0.134. The molecule has 3 aromatic carbocycles. The molecule has 0 fully saturated rings. The van der Waals surface area contributed by atoms with Gasteiger partial charge in [-0.05, 0) is 48.9 Å². The third kappa shape index (κ3) is 5.00. The van der Waals surface area contributed by atoms with Crippen molar-refractivity contribution in [1.29, 1.82) is 0 Å². The molecular formula is C25H21BrN2O4. The van der Waals surface area contributed by atoms with Crippen LogP contribution in [0.1, 0.15) is 21.7 Å². The summed E-state index contributed by atoms with van der Waals surface area (Å²) in [6.45, 7) is 1.87. The quantitative estimate of drug-likeness (QED) is 0.359. The molecule has 0 atom stereocenters. The maximum atomic E-state index is 12.9. The number of rotatable bonds is 7. The Morgan fingerprint density at radius 3 is 2.53 bits per heavy atom. The number of carbonyl (C=O) groups is 2. The average Bonchev–Trinajstić information content (AvgIpc) is 3.17. The summed E-state index contributed by atoms with van der Waals surface area (Å²) in [6.07, 6.45) is 0. The smallest absolute Gasteiger partial charge is 0.287 e. The van der Waals surface area contributed by atoms with Gasteiger partial charge in [0.2, 0.25) is 5.91 Å². The Kier molecular flexibility index (Phi) is 6.56. The number of halogens is 1. The summed E-state index contributed by atoms with van der Waals surface area (Å²) in [7, 11) is 0. The normalized spacial score (nSPS) is 10.7. The lowest BCUT2D eigenvalue weighted by molar-refractivity contribution is -0.115. The topological polar surface area (TPSA) is 80.6 Å². The number of amides is 2. The second-order valence-electron chi connectivity index (χ2n) is 7.20. The van der Waals surface area contributed by atoms with Crippen molar-refractivity contribution < 1.29 is 18.7 Å². The van der Waals surface area contributed by atoms with Gasteiger partial charge in [0.1, 0.15) is 17.9 Å². The van der Waals surface area contributed by atoms with Crippen molar-refractivity contribution in [3.8, 4) is 5.75 Å². The highest BCUT2D eigenvalue weighted by atomic mass is 79.9. The van der Waals surface area contributed by atoms with E-state index in [2.05, 4.69) is 26.6 Å². The fraction of sp³-hybridized carbons (Fsp3) is 0.120. The van der Waals surface area contributed by atoms with Crippen LogP contribution in [-0.4, -0.2) is 18.4 Å². The zero-order chi connectivity index (χ0) is 22.5. The largest absolute Gasteiger partial charge is 0.489 e. The van der Waals surface area contributed by atoms with Crippen LogP contribution >= 0.6 is 15.9 Å². The van der Waals surface area contributed by atoms with Gasteiger partial charge < -0.3 is 19.8 Å². The van der Waals surface area contributed by atoms with Gasteiger partial charge in [0.05, 0.1) is 6.54 Å². The van der Waals surface area contributed by atoms with Gasteiger partial charge in [0, 0.05) is 21.1 Å². The number of hydrogen-bond donors (Lipinski definition) is 2. The maximum Gasteiger partial charge on any atom is 0.287 e. The second kappa shape index (κ2) is 9.70. The number of ether oxygens (including phenoxy) is 1. The van der Waals surface area contributed by atoms with Crippen LogP contribution in [0.5, 0.6) is 5.75 Å². The van der Waals surface area contributed by atoms with E-state index in [1.165, 1.54) is 0 Å². The number of fused-ring (bicyclic) bond motifs is 1. The number of anilines is 1. The highest BCUT2D eigenvalue weighted by Crippen LogP contribution is 2.27. The number of carbonyl (C=O) groups excluding carboxylic acids is 2. The lowest BCUT2D eigenvalue weighted by Gasteiger charge is -2.10. The molecule has 0 bridgehead atoms. The van der Waals surface area contributed by atoms with E-state index in [9.17, 15) is 9.59 Å². The van der Waals surface area contributed by atoms with Gasteiger partial charge in [0.25, 0.3) is 5.91 Å². The first kappa shape index (κ1) is 21.6. The molecule has 6 nitrogen and oxygen atoms in total. The fourth-order valence-corrected chi connectivity index (χ4v) is 3.78. The molecule has 4 rings (SSSR count). The monoisotopic (exact) mass is 492 g/mol. The summed E-state index contributed by atoms with van der Waals surface area (Å²) in [6, 6.07) is 22.3. The summed E-state index contributed by atoms with van der Waals surface area (Å²) in [5.41, 5.74) is 2.81. The van der Waals surface area contributed by atoms with Gasteiger partial charge in [-0.15, -0.1) is 0 Å². The molecule has 0 unspecified atom stereocenters. The van der Waals surface area contributed by atoms with E-state index in [0.29, 0.717) is 22.6 Å². The molecule has 0 aliphatic rings. The van der Waals surface area contributed by atoms with Gasteiger partial charge in [-0.2, -0.15) is 0 Å². The molecule has 0 aliphatic carbocycles. The van der Waals surface area contributed by atoms with Crippen molar-refractivity contribution in [2.45, 2.75) is 13.5 Å². The van der Waals surface area contributed by atoms with Crippen LogP contribution in [0, 0.1) is 6.92 Å². The number of benzene rings is 3. The Balaban J connectivity index is 1.47. The molecule has 1 heterocycles. The van der Waals surface area contributed by atoms with Crippen molar-refractivity contribution in [1.82, 2.24) is 5.32 Å². The molecule has 0 saturated carbocycles. The average molecular weight is 493 g/mol. The van der Waals surface area contributed by atoms with Crippen molar-refractivity contribution in [2.75, 3.05) is 11.9 Å². The lowest BCUT2D eigenvalue weighted by atomic mass is 10.1. The van der Waals surface area contributed by atoms with E-state index in [-0.39, 0.29) is 24.8 Å². The summed E-state index contributed by atoms with van der Waals surface area (Å²) in [5, 5.41) is 6.24. The van der Waals surface area contributed by atoms with E-state index in [1.54, 1.807) is 12.1 Å². The highest BCUT2D eigenvalue weighted by molar-refractivity contribution is 9.10. The Labute approximate surface area is 193 Å². The highest BCUT2D eigenvalue weighted by Gasteiger charge is 2.21. The number of aryl methyl sites for hydroxylation is 1. The first-order chi connectivity index (χ1) is 15.5. The Bertz CT molecular complexity index is 1270. The molecule has 1 aromatic heterocycles. The van der Waals surface area contributed by atoms with Crippen LogP contribution in [0.2, 0.25) is 0 Å². The van der Waals surface area contributed by atoms with E-state index < -0.39 is 5.91 Å². The molecule has 2 N–H and O–H groups in total. The predicted molar refractivity (Wildman–Crippen MR) is 127 cm³/mol. The minimum Gasteiger partial charge on any atom is -0.489 e. The number of para-hydroxylation sites is 2. The third-order valence-electron chi connectivity index (χ3n) is 4.90. The molecule has 0 radical (unpaired) electrons. The van der Waals surface area contributed by atoms with Crippen molar-refractivity contribution in [3.63, 3.8) is 0 Å². The first-order valence-corrected chi connectivity index (χ1v) is 10.8.